The summed E-state index contributed by atoms with van der Waals surface area (Å²) in [6.45, 7) is 0. The van der Waals surface area contributed by atoms with Crippen molar-refractivity contribution in [3.05, 3.63) is 24.7 Å². The Morgan fingerprint density at radius 2 is 1.33 bits per heavy atom. The third-order valence-corrected chi connectivity index (χ3v) is 0.425. The molecular weight excluding hydrogens is 219 g/mol. The summed E-state index contributed by atoms with van der Waals surface area (Å²) < 4.78 is 4.58. The zero-order chi connectivity index (χ0) is 7.11. The summed E-state index contributed by atoms with van der Waals surface area (Å²) in [6, 6.07) is 3.67. The maximum atomic E-state index is 4.58. The summed E-state index contributed by atoms with van der Waals surface area (Å²) in [4.78, 5) is 7.09. The molecule has 1 rings (SSSR count). The van der Waals surface area contributed by atoms with Crippen molar-refractivity contribution in [2.75, 3.05) is 0 Å². The normalized spacial score (nSPS) is 8.44. The van der Waals surface area contributed by atoms with Crippen LogP contribution in [0.25, 0.3) is 0 Å². The van der Waals surface area contributed by atoms with Crippen LogP contribution in [-0.4, -0.2) is 19.8 Å². The van der Waals surface area contributed by atoms with Gasteiger partial charge in [-0.1, -0.05) is 0 Å². The van der Waals surface area contributed by atoms with Crippen LogP contribution in [0, 0.1) is 0 Å². The third-order valence-electron chi connectivity index (χ3n) is 0.425. The second-order valence-corrected chi connectivity index (χ2v) is 10.9. The molecule has 9 heavy (non-hydrogen) atoms. The molecule has 1 aromatic rings. The topological polar surface area (TPSA) is 13.1 Å². The summed E-state index contributed by atoms with van der Waals surface area (Å²) in [7, 11) is 0. The van der Waals surface area contributed by atoms with Gasteiger partial charge in [0, 0.05) is 0 Å². The fraction of sp³-hybridized carbons (Fsp3) is 0.429. The number of hydrogen-bond donors (Lipinski definition) is 0. The summed E-state index contributed by atoms with van der Waals surface area (Å²) in [5.41, 5.74) is 0. The van der Waals surface area contributed by atoms with E-state index in [-0.39, 0.29) is 0 Å². The van der Waals surface area contributed by atoms with Crippen LogP contribution in [0.5, 0.6) is 0 Å². The van der Waals surface area contributed by atoms with Gasteiger partial charge in [0.25, 0.3) is 0 Å². The van der Waals surface area contributed by atoms with Crippen LogP contribution in [0.15, 0.2) is 29.1 Å². The minimum absolute atomic E-state index is 0.543. The van der Waals surface area contributed by atoms with Gasteiger partial charge in [0.1, 0.15) is 0 Å². The third kappa shape index (κ3) is 11.6. The average molecular weight is 232 g/mol. The SMILES string of the molecule is [CH3][Sn]([CH3])[CH3].c1ccoc1. The van der Waals surface area contributed by atoms with Crippen LogP contribution >= 0.6 is 0 Å². The van der Waals surface area contributed by atoms with Crippen molar-refractivity contribution in [2.24, 2.45) is 0 Å². The second kappa shape index (κ2) is 6.20. The van der Waals surface area contributed by atoms with Crippen molar-refractivity contribution in [1.29, 1.82) is 0 Å². The van der Waals surface area contributed by atoms with Gasteiger partial charge in [-0.3, -0.25) is 0 Å². The standard InChI is InChI=1S/C4H4O.3CH3.Sn/c1-2-4-5-3-1;;;;/h1-4H;3*1H3;. The molecule has 1 heterocycles. The van der Waals surface area contributed by atoms with Gasteiger partial charge in [-0.2, -0.15) is 0 Å². The van der Waals surface area contributed by atoms with E-state index in [1.54, 1.807) is 12.5 Å². The van der Waals surface area contributed by atoms with E-state index >= 15 is 0 Å². The number of furan rings is 1. The number of hydrogen-bond acceptors (Lipinski definition) is 1. The first-order valence-electron chi connectivity index (χ1n) is 2.97. The fourth-order valence-electron chi connectivity index (χ4n) is 0.227. The van der Waals surface area contributed by atoms with Crippen molar-refractivity contribution >= 4 is 19.8 Å². The van der Waals surface area contributed by atoms with Crippen LogP contribution in [0.2, 0.25) is 14.8 Å². The Bertz CT molecular complexity index is 92.5. The van der Waals surface area contributed by atoms with Gasteiger partial charge in [-0.15, -0.1) is 0 Å². The van der Waals surface area contributed by atoms with Crippen molar-refractivity contribution < 1.29 is 4.42 Å². The van der Waals surface area contributed by atoms with Gasteiger partial charge < -0.3 is 4.42 Å². The molecule has 1 aromatic heterocycles. The molecule has 1 nitrogen and oxygen atoms in total. The van der Waals surface area contributed by atoms with Gasteiger partial charge in [-0.25, -0.2) is 0 Å². The quantitative estimate of drug-likeness (QED) is 0.626. The van der Waals surface area contributed by atoms with Crippen molar-refractivity contribution in [1.82, 2.24) is 0 Å². The van der Waals surface area contributed by atoms with Gasteiger partial charge in [-0.05, 0) is 12.1 Å². The molecule has 0 N–H and O–H groups in total. The Hall–Kier alpha value is 0.0787. The fourth-order valence-corrected chi connectivity index (χ4v) is 0.227. The van der Waals surface area contributed by atoms with E-state index in [1.807, 2.05) is 12.1 Å². The summed E-state index contributed by atoms with van der Waals surface area (Å²) >= 11 is -0.543. The van der Waals surface area contributed by atoms with Gasteiger partial charge in [0.15, 0.2) is 0 Å². The molecule has 0 saturated carbocycles. The van der Waals surface area contributed by atoms with Crippen LogP contribution in [0.1, 0.15) is 0 Å². The van der Waals surface area contributed by atoms with E-state index < -0.39 is 19.8 Å². The Labute approximate surface area is 63.8 Å². The van der Waals surface area contributed by atoms with Crippen LogP contribution in [0.4, 0.5) is 0 Å². The molecule has 0 unspecified atom stereocenters. The summed E-state index contributed by atoms with van der Waals surface area (Å²) in [6.07, 6.45) is 3.25. The molecule has 1 radical (unpaired) electrons. The molecule has 0 saturated heterocycles. The minimum atomic E-state index is -0.543. The maximum Gasteiger partial charge on any atom is 0.0902 e. The van der Waals surface area contributed by atoms with Crippen molar-refractivity contribution in [2.45, 2.75) is 14.8 Å². The van der Waals surface area contributed by atoms with E-state index in [0.717, 1.165) is 0 Å². The van der Waals surface area contributed by atoms with E-state index in [9.17, 15) is 0 Å². The predicted octanol–water partition coefficient (Wildman–Crippen LogP) is 2.65. The molecule has 0 aliphatic carbocycles. The minimum Gasteiger partial charge on any atom is -0.473 e. The van der Waals surface area contributed by atoms with E-state index in [4.69, 9.17) is 0 Å². The first kappa shape index (κ1) is 9.08. The first-order valence-corrected chi connectivity index (χ1v) is 11.5. The smallest absolute Gasteiger partial charge is 0.0902 e. The summed E-state index contributed by atoms with van der Waals surface area (Å²) in [5.74, 6) is 0. The molecule has 0 aromatic carbocycles. The van der Waals surface area contributed by atoms with Crippen molar-refractivity contribution in [3.63, 3.8) is 0 Å². The second-order valence-electron chi connectivity index (χ2n) is 2.29. The van der Waals surface area contributed by atoms with E-state index in [0.29, 0.717) is 0 Å². The maximum absolute atomic E-state index is 4.58. The van der Waals surface area contributed by atoms with Crippen molar-refractivity contribution in [3.8, 4) is 0 Å². The molecule has 0 bridgehead atoms. The molecule has 0 spiro atoms. The zero-order valence-corrected chi connectivity index (χ0v) is 9.07. The molecule has 0 aliphatic heterocycles. The first-order chi connectivity index (χ1) is 4.23. The average Bonchev–Trinajstić information content (AvgIpc) is 2.11. The van der Waals surface area contributed by atoms with Crippen LogP contribution < -0.4 is 0 Å². The zero-order valence-electron chi connectivity index (χ0n) is 6.22. The molecular formula is C7H13OSn. The molecule has 0 fully saturated rings. The summed E-state index contributed by atoms with van der Waals surface area (Å²) in [5, 5.41) is 0. The van der Waals surface area contributed by atoms with Crippen LogP contribution in [-0.2, 0) is 0 Å². The monoisotopic (exact) mass is 233 g/mol. The Balaban J connectivity index is 0.000000148. The Morgan fingerprint density at radius 1 is 1.00 bits per heavy atom. The van der Waals surface area contributed by atoms with Gasteiger partial charge in [0.05, 0.1) is 12.5 Å². The molecule has 2 heteroatoms. The Morgan fingerprint density at radius 3 is 1.44 bits per heavy atom. The largest absolute Gasteiger partial charge is 0.473 e. The Kier molecular flexibility index (Phi) is 6.26. The van der Waals surface area contributed by atoms with Crippen LogP contribution in [0.3, 0.4) is 0 Å². The molecule has 51 valence electrons. The predicted molar refractivity (Wildman–Crippen MR) is 42.1 cm³/mol. The number of rotatable bonds is 0. The molecule has 0 amide bonds. The van der Waals surface area contributed by atoms with Gasteiger partial charge >= 0.3 is 34.6 Å². The molecule has 0 atom stereocenters. The van der Waals surface area contributed by atoms with E-state index in [1.165, 1.54) is 0 Å². The van der Waals surface area contributed by atoms with E-state index in [2.05, 4.69) is 19.2 Å². The van der Waals surface area contributed by atoms with Gasteiger partial charge in [0.2, 0.25) is 0 Å². The molecule has 0 aliphatic rings.